The van der Waals surface area contributed by atoms with E-state index in [9.17, 15) is 0 Å². The number of halogens is 1. The van der Waals surface area contributed by atoms with Crippen molar-refractivity contribution in [1.29, 1.82) is 0 Å². The Morgan fingerprint density at radius 3 is 3.00 bits per heavy atom. The molecule has 3 nitrogen and oxygen atoms in total. The van der Waals surface area contributed by atoms with E-state index >= 15 is 0 Å². The molecular formula is C10H15BrN2O. The van der Waals surface area contributed by atoms with Gasteiger partial charge in [-0.05, 0) is 35.0 Å². The van der Waals surface area contributed by atoms with E-state index < -0.39 is 0 Å². The van der Waals surface area contributed by atoms with Crippen molar-refractivity contribution in [2.45, 2.75) is 12.5 Å². The maximum atomic E-state index is 5.65. The predicted octanol–water partition coefficient (Wildman–Crippen LogP) is 2.21. The molecule has 0 fully saturated rings. The molecule has 0 saturated carbocycles. The summed E-state index contributed by atoms with van der Waals surface area (Å²) in [6.07, 6.45) is 4.45. The SMILES string of the molecule is C=CCCNC(CN)c1occc1Br. The summed E-state index contributed by atoms with van der Waals surface area (Å²) in [6.45, 7) is 5.04. The van der Waals surface area contributed by atoms with Gasteiger partial charge in [0.25, 0.3) is 0 Å². The minimum absolute atomic E-state index is 0.0688. The fourth-order valence-electron chi connectivity index (χ4n) is 1.20. The van der Waals surface area contributed by atoms with Crippen molar-refractivity contribution in [3.63, 3.8) is 0 Å². The lowest BCUT2D eigenvalue weighted by molar-refractivity contribution is 0.417. The third kappa shape index (κ3) is 2.97. The first kappa shape index (κ1) is 11.5. The molecular weight excluding hydrogens is 244 g/mol. The average Bonchev–Trinajstić information content (AvgIpc) is 2.60. The highest BCUT2D eigenvalue weighted by molar-refractivity contribution is 9.10. The van der Waals surface area contributed by atoms with Crippen LogP contribution in [0.4, 0.5) is 0 Å². The molecule has 0 aliphatic heterocycles. The monoisotopic (exact) mass is 258 g/mol. The third-order valence-electron chi connectivity index (χ3n) is 1.94. The second-order valence-corrected chi connectivity index (χ2v) is 3.81. The zero-order chi connectivity index (χ0) is 10.4. The van der Waals surface area contributed by atoms with Crippen LogP contribution in [0.2, 0.25) is 0 Å². The lowest BCUT2D eigenvalue weighted by Crippen LogP contribution is -2.28. The van der Waals surface area contributed by atoms with Crippen molar-refractivity contribution < 1.29 is 4.42 Å². The topological polar surface area (TPSA) is 51.2 Å². The van der Waals surface area contributed by atoms with Crippen LogP contribution in [0.3, 0.4) is 0 Å². The summed E-state index contributed by atoms with van der Waals surface area (Å²) >= 11 is 3.41. The van der Waals surface area contributed by atoms with Gasteiger partial charge in [0.2, 0.25) is 0 Å². The molecule has 1 unspecified atom stereocenters. The van der Waals surface area contributed by atoms with E-state index in [1.54, 1.807) is 6.26 Å². The van der Waals surface area contributed by atoms with E-state index in [0.717, 1.165) is 23.2 Å². The molecule has 1 rings (SSSR count). The van der Waals surface area contributed by atoms with Gasteiger partial charge in [0, 0.05) is 6.54 Å². The van der Waals surface area contributed by atoms with Crippen LogP contribution in [0, 0.1) is 0 Å². The fourth-order valence-corrected chi connectivity index (χ4v) is 1.67. The molecule has 0 aliphatic rings. The van der Waals surface area contributed by atoms with Crippen LogP contribution in [0.15, 0.2) is 33.9 Å². The summed E-state index contributed by atoms with van der Waals surface area (Å²) in [5.74, 6) is 0.858. The largest absolute Gasteiger partial charge is 0.466 e. The molecule has 0 amide bonds. The summed E-state index contributed by atoms with van der Waals surface area (Å²) in [5, 5.41) is 3.29. The van der Waals surface area contributed by atoms with Crippen LogP contribution in [0.5, 0.6) is 0 Å². The summed E-state index contributed by atoms with van der Waals surface area (Å²) in [6, 6.07) is 1.94. The van der Waals surface area contributed by atoms with Crippen LogP contribution in [-0.4, -0.2) is 13.1 Å². The van der Waals surface area contributed by atoms with Gasteiger partial charge in [-0.1, -0.05) is 6.08 Å². The molecule has 1 atom stereocenters. The molecule has 0 saturated heterocycles. The van der Waals surface area contributed by atoms with E-state index in [4.69, 9.17) is 10.2 Å². The third-order valence-corrected chi connectivity index (χ3v) is 2.59. The number of furan rings is 1. The highest BCUT2D eigenvalue weighted by Crippen LogP contribution is 2.23. The summed E-state index contributed by atoms with van der Waals surface area (Å²) in [4.78, 5) is 0. The van der Waals surface area contributed by atoms with Gasteiger partial charge in [-0.25, -0.2) is 0 Å². The Labute approximate surface area is 92.5 Å². The molecule has 0 radical (unpaired) electrons. The normalized spacial score (nSPS) is 12.7. The minimum Gasteiger partial charge on any atom is -0.466 e. The molecule has 3 N–H and O–H groups in total. The fraction of sp³-hybridized carbons (Fsp3) is 0.400. The summed E-state index contributed by atoms with van der Waals surface area (Å²) in [5.41, 5.74) is 5.65. The second kappa shape index (κ2) is 6.01. The molecule has 0 spiro atoms. The van der Waals surface area contributed by atoms with Crippen molar-refractivity contribution >= 4 is 15.9 Å². The highest BCUT2D eigenvalue weighted by Gasteiger charge is 2.14. The van der Waals surface area contributed by atoms with E-state index in [2.05, 4.69) is 27.8 Å². The van der Waals surface area contributed by atoms with Gasteiger partial charge in [-0.3, -0.25) is 0 Å². The first-order valence-electron chi connectivity index (χ1n) is 4.56. The molecule has 4 heteroatoms. The first-order chi connectivity index (χ1) is 6.79. The molecule has 1 aromatic rings. The Morgan fingerprint density at radius 2 is 2.50 bits per heavy atom. The molecule has 78 valence electrons. The van der Waals surface area contributed by atoms with Gasteiger partial charge in [0.15, 0.2) is 0 Å². The van der Waals surface area contributed by atoms with E-state index in [1.807, 2.05) is 12.1 Å². The zero-order valence-corrected chi connectivity index (χ0v) is 9.59. The Kier molecular flexibility index (Phi) is 4.93. The first-order valence-corrected chi connectivity index (χ1v) is 5.36. The van der Waals surface area contributed by atoms with E-state index in [1.165, 1.54) is 0 Å². The number of nitrogens with two attached hydrogens (primary N) is 1. The van der Waals surface area contributed by atoms with Crippen molar-refractivity contribution in [1.82, 2.24) is 5.32 Å². The Balaban J connectivity index is 2.54. The molecule has 0 aliphatic carbocycles. The Morgan fingerprint density at radius 1 is 1.71 bits per heavy atom. The maximum Gasteiger partial charge on any atom is 0.136 e. The smallest absolute Gasteiger partial charge is 0.136 e. The summed E-state index contributed by atoms with van der Waals surface area (Å²) < 4.78 is 6.29. The number of nitrogens with one attached hydrogen (secondary N) is 1. The molecule has 14 heavy (non-hydrogen) atoms. The van der Waals surface area contributed by atoms with Crippen LogP contribution >= 0.6 is 15.9 Å². The van der Waals surface area contributed by atoms with Gasteiger partial charge in [0.1, 0.15) is 5.76 Å². The van der Waals surface area contributed by atoms with E-state index in [0.29, 0.717) is 6.54 Å². The van der Waals surface area contributed by atoms with Crippen molar-refractivity contribution in [3.05, 3.63) is 35.2 Å². The van der Waals surface area contributed by atoms with Crippen LogP contribution < -0.4 is 11.1 Å². The quantitative estimate of drug-likeness (QED) is 0.608. The van der Waals surface area contributed by atoms with Gasteiger partial charge in [-0.15, -0.1) is 6.58 Å². The van der Waals surface area contributed by atoms with Crippen LogP contribution in [-0.2, 0) is 0 Å². The predicted molar refractivity (Wildman–Crippen MR) is 61.0 cm³/mol. The Bertz CT molecular complexity index is 285. The highest BCUT2D eigenvalue weighted by atomic mass is 79.9. The second-order valence-electron chi connectivity index (χ2n) is 2.95. The number of rotatable bonds is 6. The zero-order valence-electron chi connectivity index (χ0n) is 8.00. The summed E-state index contributed by atoms with van der Waals surface area (Å²) in [7, 11) is 0. The molecule has 1 aromatic heterocycles. The molecule has 0 bridgehead atoms. The minimum atomic E-state index is 0.0688. The van der Waals surface area contributed by atoms with Crippen LogP contribution in [0.1, 0.15) is 18.2 Å². The standard InChI is InChI=1S/C10H15BrN2O/c1-2-3-5-13-9(7-12)10-8(11)4-6-14-10/h2,4,6,9,13H,1,3,5,7,12H2. The Hall–Kier alpha value is -0.580. The average molecular weight is 259 g/mol. The van der Waals surface area contributed by atoms with Gasteiger partial charge < -0.3 is 15.5 Å². The maximum absolute atomic E-state index is 5.65. The van der Waals surface area contributed by atoms with E-state index in [-0.39, 0.29) is 6.04 Å². The number of hydrogen-bond donors (Lipinski definition) is 2. The van der Waals surface area contributed by atoms with Crippen LogP contribution in [0.25, 0.3) is 0 Å². The lowest BCUT2D eigenvalue weighted by atomic mass is 10.2. The van der Waals surface area contributed by atoms with Gasteiger partial charge in [-0.2, -0.15) is 0 Å². The van der Waals surface area contributed by atoms with Gasteiger partial charge >= 0.3 is 0 Å². The van der Waals surface area contributed by atoms with Crippen molar-refractivity contribution in [2.75, 3.05) is 13.1 Å². The van der Waals surface area contributed by atoms with Crippen molar-refractivity contribution in [2.24, 2.45) is 5.73 Å². The van der Waals surface area contributed by atoms with Crippen molar-refractivity contribution in [3.8, 4) is 0 Å². The molecule has 0 aromatic carbocycles. The lowest BCUT2D eigenvalue weighted by Gasteiger charge is -2.14. The number of hydrogen-bond acceptors (Lipinski definition) is 3. The molecule has 1 heterocycles. The van der Waals surface area contributed by atoms with Gasteiger partial charge in [0.05, 0.1) is 16.8 Å².